The SMILES string of the molecule is CCC(O)CNCc1nonc1C. The Hall–Kier alpha value is -0.940. The van der Waals surface area contributed by atoms with Gasteiger partial charge in [0.2, 0.25) is 0 Å². The summed E-state index contributed by atoms with van der Waals surface area (Å²) in [7, 11) is 0. The van der Waals surface area contributed by atoms with Gasteiger partial charge in [0.1, 0.15) is 11.4 Å². The Kier molecular flexibility index (Phi) is 3.85. The Labute approximate surface area is 77.1 Å². The van der Waals surface area contributed by atoms with Gasteiger partial charge in [0.15, 0.2) is 0 Å². The maximum atomic E-state index is 9.23. The summed E-state index contributed by atoms with van der Waals surface area (Å²) in [4.78, 5) is 0. The van der Waals surface area contributed by atoms with E-state index in [1.54, 1.807) is 0 Å². The molecular formula is C8H15N3O2. The van der Waals surface area contributed by atoms with Gasteiger partial charge in [-0.1, -0.05) is 17.2 Å². The van der Waals surface area contributed by atoms with Crippen molar-refractivity contribution in [2.75, 3.05) is 6.54 Å². The zero-order valence-corrected chi connectivity index (χ0v) is 7.95. The van der Waals surface area contributed by atoms with E-state index >= 15 is 0 Å². The van der Waals surface area contributed by atoms with Crippen molar-refractivity contribution < 1.29 is 9.74 Å². The largest absolute Gasteiger partial charge is 0.392 e. The van der Waals surface area contributed by atoms with Crippen molar-refractivity contribution in [2.24, 2.45) is 0 Å². The van der Waals surface area contributed by atoms with Crippen LogP contribution in [0.25, 0.3) is 0 Å². The molecule has 1 unspecified atom stereocenters. The van der Waals surface area contributed by atoms with Crippen LogP contribution in [0, 0.1) is 6.92 Å². The van der Waals surface area contributed by atoms with Crippen LogP contribution in [0.3, 0.4) is 0 Å². The second-order valence-electron chi connectivity index (χ2n) is 2.99. The number of aliphatic hydroxyl groups excluding tert-OH is 1. The van der Waals surface area contributed by atoms with Crippen molar-refractivity contribution in [3.8, 4) is 0 Å². The molecule has 0 aliphatic carbocycles. The highest BCUT2D eigenvalue weighted by molar-refractivity contribution is 5.03. The summed E-state index contributed by atoms with van der Waals surface area (Å²) in [5, 5.41) is 19.7. The number of nitrogens with zero attached hydrogens (tertiary/aromatic N) is 2. The average molecular weight is 185 g/mol. The third kappa shape index (κ3) is 3.12. The van der Waals surface area contributed by atoms with E-state index in [2.05, 4.69) is 20.3 Å². The molecule has 0 radical (unpaired) electrons. The zero-order chi connectivity index (χ0) is 9.68. The Morgan fingerprint density at radius 2 is 2.31 bits per heavy atom. The Morgan fingerprint density at radius 3 is 2.85 bits per heavy atom. The number of aryl methyl sites for hydroxylation is 1. The first-order valence-electron chi connectivity index (χ1n) is 4.40. The smallest absolute Gasteiger partial charge is 0.121 e. The maximum absolute atomic E-state index is 9.23. The number of nitrogens with one attached hydrogen (secondary N) is 1. The van der Waals surface area contributed by atoms with Gasteiger partial charge in [0, 0.05) is 13.1 Å². The van der Waals surface area contributed by atoms with E-state index in [0.29, 0.717) is 13.1 Å². The van der Waals surface area contributed by atoms with Gasteiger partial charge in [0.25, 0.3) is 0 Å². The fourth-order valence-electron chi connectivity index (χ4n) is 0.911. The second kappa shape index (κ2) is 4.94. The van der Waals surface area contributed by atoms with Gasteiger partial charge in [-0.15, -0.1) is 0 Å². The Balaban J connectivity index is 2.24. The van der Waals surface area contributed by atoms with Gasteiger partial charge in [-0.25, -0.2) is 4.63 Å². The van der Waals surface area contributed by atoms with Gasteiger partial charge in [0.05, 0.1) is 6.10 Å². The molecule has 5 heteroatoms. The van der Waals surface area contributed by atoms with Crippen LogP contribution in [0.5, 0.6) is 0 Å². The zero-order valence-electron chi connectivity index (χ0n) is 7.95. The summed E-state index contributed by atoms with van der Waals surface area (Å²) in [5.41, 5.74) is 1.58. The Bertz CT molecular complexity index is 249. The lowest BCUT2D eigenvalue weighted by molar-refractivity contribution is 0.166. The average Bonchev–Trinajstić information content (AvgIpc) is 2.52. The van der Waals surface area contributed by atoms with E-state index in [4.69, 9.17) is 0 Å². The molecule has 13 heavy (non-hydrogen) atoms. The summed E-state index contributed by atoms with van der Waals surface area (Å²) >= 11 is 0. The number of aromatic nitrogens is 2. The summed E-state index contributed by atoms with van der Waals surface area (Å²) in [5.74, 6) is 0. The summed E-state index contributed by atoms with van der Waals surface area (Å²) < 4.78 is 4.53. The van der Waals surface area contributed by atoms with E-state index in [-0.39, 0.29) is 6.10 Å². The molecule has 5 nitrogen and oxygen atoms in total. The molecule has 74 valence electrons. The topological polar surface area (TPSA) is 71.2 Å². The summed E-state index contributed by atoms with van der Waals surface area (Å²) in [6.07, 6.45) is 0.462. The van der Waals surface area contributed by atoms with Crippen LogP contribution in [-0.2, 0) is 6.54 Å². The highest BCUT2D eigenvalue weighted by Gasteiger charge is 2.05. The number of aliphatic hydroxyl groups is 1. The first-order valence-corrected chi connectivity index (χ1v) is 4.40. The molecule has 1 aromatic heterocycles. The van der Waals surface area contributed by atoms with Crippen LogP contribution >= 0.6 is 0 Å². The molecule has 0 aliphatic rings. The monoisotopic (exact) mass is 185 g/mol. The molecule has 0 saturated carbocycles. The predicted molar refractivity (Wildman–Crippen MR) is 47.0 cm³/mol. The summed E-state index contributed by atoms with van der Waals surface area (Å²) in [6, 6.07) is 0. The molecule has 1 heterocycles. The third-order valence-electron chi connectivity index (χ3n) is 1.89. The van der Waals surface area contributed by atoms with E-state index in [9.17, 15) is 5.11 Å². The molecule has 1 atom stereocenters. The fourth-order valence-corrected chi connectivity index (χ4v) is 0.911. The van der Waals surface area contributed by atoms with E-state index < -0.39 is 0 Å². The van der Waals surface area contributed by atoms with Crippen molar-refractivity contribution in [3.63, 3.8) is 0 Å². The van der Waals surface area contributed by atoms with E-state index in [1.807, 2.05) is 13.8 Å². The van der Waals surface area contributed by atoms with Crippen LogP contribution < -0.4 is 5.32 Å². The third-order valence-corrected chi connectivity index (χ3v) is 1.89. The fraction of sp³-hybridized carbons (Fsp3) is 0.750. The van der Waals surface area contributed by atoms with Crippen LogP contribution in [0.15, 0.2) is 4.63 Å². The van der Waals surface area contributed by atoms with Crippen LogP contribution in [0.2, 0.25) is 0 Å². The van der Waals surface area contributed by atoms with Crippen molar-refractivity contribution in [1.82, 2.24) is 15.6 Å². The van der Waals surface area contributed by atoms with Gasteiger partial charge in [-0.05, 0) is 13.3 Å². The molecule has 2 N–H and O–H groups in total. The van der Waals surface area contributed by atoms with Gasteiger partial charge in [-0.3, -0.25) is 0 Å². The lowest BCUT2D eigenvalue weighted by Crippen LogP contribution is -2.26. The normalized spacial score (nSPS) is 13.2. The quantitative estimate of drug-likeness (QED) is 0.687. The minimum Gasteiger partial charge on any atom is -0.392 e. The van der Waals surface area contributed by atoms with E-state index in [0.717, 1.165) is 17.8 Å². The van der Waals surface area contributed by atoms with E-state index in [1.165, 1.54) is 0 Å². The molecule has 0 aromatic carbocycles. The maximum Gasteiger partial charge on any atom is 0.121 e. The number of hydrogen-bond donors (Lipinski definition) is 2. The first kappa shape index (κ1) is 10.1. The van der Waals surface area contributed by atoms with Gasteiger partial charge < -0.3 is 10.4 Å². The standard InChI is InChI=1S/C8H15N3O2/c1-3-7(12)4-9-5-8-6(2)10-13-11-8/h7,9,12H,3-5H2,1-2H3. The van der Waals surface area contributed by atoms with Crippen molar-refractivity contribution in [1.29, 1.82) is 0 Å². The van der Waals surface area contributed by atoms with Gasteiger partial charge in [-0.2, -0.15) is 0 Å². The lowest BCUT2D eigenvalue weighted by atomic mass is 10.2. The Morgan fingerprint density at radius 1 is 1.54 bits per heavy atom. The van der Waals surface area contributed by atoms with Crippen molar-refractivity contribution in [3.05, 3.63) is 11.4 Å². The number of rotatable bonds is 5. The molecular weight excluding hydrogens is 170 g/mol. The van der Waals surface area contributed by atoms with Crippen molar-refractivity contribution in [2.45, 2.75) is 32.9 Å². The molecule has 0 spiro atoms. The minimum absolute atomic E-state index is 0.292. The highest BCUT2D eigenvalue weighted by atomic mass is 16.6. The molecule has 1 aromatic rings. The van der Waals surface area contributed by atoms with Gasteiger partial charge >= 0.3 is 0 Å². The summed E-state index contributed by atoms with van der Waals surface area (Å²) in [6.45, 7) is 4.94. The van der Waals surface area contributed by atoms with Crippen LogP contribution in [-0.4, -0.2) is 28.1 Å². The molecule has 1 rings (SSSR count). The minimum atomic E-state index is -0.292. The first-order chi connectivity index (χ1) is 6.24. The molecule has 0 saturated heterocycles. The van der Waals surface area contributed by atoms with Crippen LogP contribution in [0.1, 0.15) is 24.7 Å². The lowest BCUT2D eigenvalue weighted by Gasteiger charge is -2.07. The highest BCUT2D eigenvalue weighted by Crippen LogP contribution is 1.99. The second-order valence-corrected chi connectivity index (χ2v) is 2.99. The predicted octanol–water partition coefficient (Wildman–Crippen LogP) is 0.239. The molecule has 0 aliphatic heterocycles. The molecule has 0 fully saturated rings. The molecule has 0 bridgehead atoms. The number of hydrogen-bond acceptors (Lipinski definition) is 5. The van der Waals surface area contributed by atoms with Crippen molar-refractivity contribution >= 4 is 0 Å². The van der Waals surface area contributed by atoms with Crippen LogP contribution in [0.4, 0.5) is 0 Å². The molecule has 0 amide bonds.